The Bertz CT molecular complexity index is 434. The molecule has 1 saturated carbocycles. The molecule has 1 aromatic carbocycles. The number of benzene rings is 1. The molecule has 0 spiro atoms. The Labute approximate surface area is 116 Å². The molecule has 1 saturated heterocycles. The van der Waals surface area contributed by atoms with Crippen LogP contribution in [-0.4, -0.2) is 35.2 Å². The highest BCUT2D eigenvalue weighted by molar-refractivity contribution is 9.10. The number of nitrogens with one attached hydrogen (secondary N) is 1. The van der Waals surface area contributed by atoms with Gasteiger partial charge >= 0.3 is 0 Å². The largest absolute Gasteiger partial charge is 0.508 e. The highest BCUT2D eigenvalue weighted by Crippen LogP contribution is 2.30. The molecule has 3 nitrogen and oxygen atoms in total. The molecule has 1 heterocycles. The molecular weight excluding hydrogens is 292 g/mol. The topological polar surface area (TPSA) is 35.5 Å². The highest BCUT2D eigenvalue weighted by Gasteiger charge is 2.34. The molecule has 0 aromatic heterocycles. The molecule has 2 fully saturated rings. The molecule has 0 amide bonds. The Morgan fingerprint density at radius 2 is 2.17 bits per heavy atom. The molecule has 0 bridgehead atoms. The first-order valence-electron chi connectivity index (χ1n) is 6.67. The summed E-state index contributed by atoms with van der Waals surface area (Å²) in [6, 6.07) is 7.03. The third-order valence-corrected chi connectivity index (χ3v) is 4.40. The fourth-order valence-corrected chi connectivity index (χ4v) is 3.08. The third kappa shape index (κ3) is 2.87. The summed E-state index contributed by atoms with van der Waals surface area (Å²) >= 11 is 3.44. The minimum atomic E-state index is 0.378. The number of phenolic OH excluding ortho intramolecular Hbond substituents is 1. The Hall–Kier alpha value is -0.580. The summed E-state index contributed by atoms with van der Waals surface area (Å²) in [5.74, 6) is 0.378. The van der Waals surface area contributed by atoms with Crippen LogP contribution in [0, 0.1) is 0 Å². The molecule has 4 heteroatoms. The Kier molecular flexibility index (Phi) is 3.59. The minimum Gasteiger partial charge on any atom is -0.508 e. The van der Waals surface area contributed by atoms with Crippen LogP contribution in [0.5, 0.6) is 5.75 Å². The number of likely N-dealkylation sites (tertiary alicyclic amines) is 1. The van der Waals surface area contributed by atoms with E-state index in [4.69, 9.17) is 0 Å². The smallest absolute Gasteiger partial charge is 0.120 e. The van der Waals surface area contributed by atoms with Crippen molar-refractivity contribution in [1.82, 2.24) is 10.2 Å². The van der Waals surface area contributed by atoms with Crippen LogP contribution in [0.4, 0.5) is 0 Å². The lowest BCUT2D eigenvalue weighted by molar-refractivity contribution is 0.317. The van der Waals surface area contributed by atoms with E-state index in [2.05, 4.69) is 26.1 Å². The maximum absolute atomic E-state index is 9.79. The van der Waals surface area contributed by atoms with E-state index in [-0.39, 0.29) is 0 Å². The predicted molar refractivity (Wildman–Crippen MR) is 75.6 cm³/mol. The molecular formula is C14H19BrN2O. The number of rotatable bonds is 4. The van der Waals surface area contributed by atoms with Crippen LogP contribution >= 0.6 is 15.9 Å². The van der Waals surface area contributed by atoms with E-state index < -0.39 is 0 Å². The number of hydrogen-bond donors (Lipinski definition) is 2. The van der Waals surface area contributed by atoms with E-state index in [1.165, 1.54) is 32.4 Å². The van der Waals surface area contributed by atoms with E-state index in [1.807, 2.05) is 12.1 Å². The first kappa shape index (κ1) is 12.5. The summed E-state index contributed by atoms with van der Waals surface area (Å²) in [4.78, 5) is 2.60. The van der Waals surface area contributed by atoms with Gasteiger partial charge in [0.15, 0.2) is 0 Å². The Morgan fingerprint density at radius 3 is 2.94 bits per heavy atom. The number of halogens is 1. The van der Waals surface area contributed by atoms with Crippen molar-refractivity contribution in [1.29, 1.82) is 0 Å². The fourth-order valence-electron chi connectivity index (χ4n) is 2.68. The average molecular weight is 311 g/mol. The van der Waals surface area contributed by atoms with E-state index in [1.54, 1.807) is 6.07 Å². The second-order valence-electron chi connectivity index (χ2n) is 5.37. The van der Waals surface area contributed by atoms with Gasteiger partial charge < -0.3 is 10.4 Å². The van der Waals surface area contributed by atoms with Crippen LogP contribution in [0.3, 0.4) is 0 Å². The van der Waals surface area contributed by atoms with E-state index in [9.17, 15) is 5.11 Å². The number of hydrogen-bond acceptors (Lipinski definition) is 3. The zero-order valence-corrected chi connectivity index (χ0v) is 12.0. The SMILES string of the molecule is Oc1ccc(Br)cc1CNC1CCN(C2CC2)C1. The van der Waals surface area contributed by atoms with Crippen molar-refractivity contribution in [3.63, 3.8) is 0 Å². The molecule has 1 aliphatic carbocycles. The van der Waals surface area contributed by atoms with Gasteiger partial charge in [-0.3, -0.25) is 4.90 Å². The molecule has 1 unspecified atom stereocenters. The van der Waals surface area contributed by atoms with Crippen molar-refractivity contribution in [2.24, 2.45) is 0 Å². The van der Waals surface area contributed by atoms with Gasteiger partial charge in [0.1, 0.15) is 5.75 Å². The summed E-state index contributed by atoms with van der Waals surface area (Å²) in [5.41, 5.74) is 0.967. The molecule has 2 N–H and O–H groups in total. The van der Waals surface area contributed by atoms with Crippen molar-refractivity contribution in [3.8, 4) is 5.75 Å². The molecule has 98 valence electrons. The molecule has 0 radical (unpaired) electrons. The monoisotopic (exact) mass is 310 g/mol. The lowest BCUT2D eigenvalue weighted by Gasteiger charge is -2.16. The van der Waals surface area contributed by atoms with Gasteiger partial charge in [0, 0.05) is 41.8 Å². The predicted octanol–water partition coefficient (Wildman–Crippen LogP) is 2.48. The Morgan fingerprint density at radius 1 is 1.33 bits per heavy atom. The van der Waals surface area contributed by atoms with E-state index in [0.717, 1.165) is 22.6 Å². The maximum atomic E-state index is 9.79. The summed E-state index contributed by atoms with van der Waals surface area (Å²) < 4.78 is 1.02. The minimum absolute atomic E-state index is 0.378. The van der Waals surface area contributed by atoms with Gasteiger partial charge in [-0.05, 0) is 37.5 Å². The molecule has 1 atom stereocenters. The Balaban J connectivity index is 1.53. The number of aromatic hydroxyl groups is 1. The molecule has 1 aliphatic heterocycles. The average Bonchev–Trinajstić information content (AvgIpc) is 3.10. The number of nitrogens with zero attached hydrogens (tertiary/aromatic N) is 1. The van der Waals surface area contributed by atoms with Crippen LogP contribution in [0.1, 0.15) is 24.8 Å². The zero-order valence-electron chi connectivity index (χ0n) is 10.4. The zero-order chi connectivity index (χ0) is 12.5. The van der Waals surface area contributed by atoms with Gasteiger partial charge in [0.05, 0.1) is 0 Å². The number of phenols is 1. The van der Waals surface area contributed by atoms with Crippen molar-refractivity contribution in [2.75, 3.05) is 13.1 Å². The van der Waals surface area contributed by atoms with Gasteiger partial charge in [0.25, 0.3) is 0 Å². The van der Waals surface area contributed by atoms with Gasteiger partial charge in [-0.2, -0.15) is 0 Å². The van der Waals surface area contributed by atoms with Gasteiger partial charge in [-0.15, -0.1) is 0 Å². The van der Waals surface area contributed by atoms with Crippen molar-refractivity contribution in [3.05, 3.63) is 28.2 Å². The van der Waals surface area contributed by atoms with Crippen LogP contribution < -0.4 is 5.32 Å². The summed E-state index contributed by atoms with van der Waals surface area (Å²) in [6.07, 6.45) is 4.00. The van der Waals surface area contributed by atoms with Gasteiger partial charge in [-0.1, -0.05) is 15.9 Å². The van der Waals surface area contributed by atoms with Crippen molar-refractivity contribution < 1.29 is 5.11 Å². The van der Waals surface area contributed by atoms with Crippen molar-refractivity contribution >= 4 is 15.9 Å². The van der Waals surface area contributed by atoms with Crippen LogP contribution in [-0.2, 0) is 6.54 Å². The molecule has 2 aliphatic rings. The first-order valence-corrected chi connectivity index (χ1v) is 7.46. The summed E-state index contributed by atoms with van der Waals surface area (Å²) in [5, 5.41) is 13.3. The third-order valence-electron chi connectivity index (χ3n) is 3.91. The fraction of sp³-hybridized carbons (Fsp3) is 0.571. The maximum Gasteiger partial charge on any atom is 0.120 e. The van der Waals surface area contributed by atoms with Crippen LogP contribution in [0.25, 0.3) is 0 Å². The summed E-state index contributed by atoms with van der Waals surface area (Å²) in [6.45, 7) is 3.14. The molecule has 1 aromatic rings. The highest BCUT2D eigenvalue weighted by atomic mass is 79.9. The quantitative estimate of drug-likeness (QED) is 0.897. The van der Waals surface area contributed by atoms with Crippen LogP contribution in [0.15, 0.2) is 22.7 Å². The standard InChI is InChI=1S/C14H19BrN2O/c15-11-1-4-14(18)10(7-11)8-16-12-5-6-17(9-12)13-2-3-13/h1,4,7,12-13,16,18H,2-3,5-6,8-9H2. The second kappa shape index (κ2) is 5.19. The lowest BCUT2D eigenvalue weighted by Crippen LogP contribution is -2.32. The van der Waals surface area contributed by atoms with Crippen molar-refractivity contribution in [2.45, 2.75) is 37.9 Å². The van der Waals surface area contributed by atoms with E-state index >= 15 is 0 Å². The first-order chi connectivity index (χ1) is 8.72. The molecule has 3 rings (SSSR count). The van der Waals surface area contributed by atoms with Crippen LogP contribution in [0.2, 0.25) is 0 Å². The molecule has 18 heavy (non-hydrogen) atoms. The van der Waals surface area contributed by atoms with Gasteiger partial charge in [0.2, 0.25) is 0 Å². The lowest BCUT2D eigenvalue weighted by atomic mass is 10.2. The summed E-state index contributed by atoms with van der Waals surface area (Å²) in [7, 11) is 0. The van der Waals surface area contributed by atoms with E-state index in [0.29, 0.717) is 11.8 Å². The normalized spacial score (nSPS) is 24.6. The second-order valence-corrected chi connectivity index (χ2v) is 6.28. The van der Waals surface area contributed by atoms with Gasteiger partial charge in [-0.25, -0.2) is 0 Å².